The van der Waals surface area contributed by atoms with Gasteiger partial charge in [0.05, 0.1) is 5.01 Å². The van der Waals surface area contributed by atoms with E-state index in [-0.39, 0.29) is 5.78 Å². The second-order valence-electron chi connectivity index (χ2n) is 4.16. The molecule has 1 aromatic rings. The summed E-state index contributed by atoms with van der Waals surface area (Å²) in [6.07, 6.45) is 3.53. The fourth-order valence-electron chi connectivity index (χ4n) is 2.01. The van der Waals surface area contributed by atoms with Gasteiger partial charge in [0.15, 0.2) is 5.78 Å². The van der Waals surface area contributed by atoms with Crippen LogP contribution in [0.4, 0.5) is 0 Å². The van der Waals surface area contributed by atoms with E-state index in [1.54, 1.807) is 18.3 Å². The van der Waals surface area contributed by atoms with Gasteiger partial charge >= 0.3 is 0 Å². The summed E-state index contributed by atoms with van der Waals surface area (Å²) in [7, 11) is 2.16. The highest BCUT2D eigenvalue weighted by atomic mass is 32.1. The smallest absolute Gasteiger partial charge is 0.178 e. The molecule has 1 aliphatic rings. The van der Waals surface area contributed by atoms with E-state index in [0.29, 0.717) is 11.7 Å². The van der Waals surface area contributed by atoms with E-state index < -0.39 is 0 Å². The predicted molar refractivity (Wildman–Crippen MR) is 61.5 cm³/mol. The van der Waals surface area contributed by atoms with Crippen molar-refractivity contribution in [3.8, 4) is 0 Å². The third kappa shape index (κ3) is 2.44. The van der Waals surface area contributed by atoms with Gasteiger partial charge in [-0.05, 0) is 26.4 Å². The van der Waals surface area contributed by atoms with Gasteiger partial charge < -0.3 is 4.90 Å². The van der Waals surface area contributed by atoms with Crippen molar-refractivity contribution < 1.29 is 4.79 Å². The van der Waals surface area contributed by atoms with Crippen molar-refractivity contribution >= 4 is 17.1 Å². The summed E-state index contributed by atoms with van der Waals surface area (Å²) in [5.41, 5.74) is 0.621. The average Bonchev–Trinajstić information content (AvgIpc) is 2.77. The number of rotatable bonds is 3. The maximum Gasteiger partial charge on any atom is 0.178 e. The Balaban J connectivity index is 2.01. The van der Waals surface area contributed by atoms with E-state index in [1.165, 1.54) is 19.4 Å². The maximum absolute atomic E-state index is 11.1. The van der Waals surface area contributed by atoms with Crippen LogP contribution in [0.15, 0.2) is 5.38 Å². The Labute approximate surface area is 94.1 Å². The van der Waals surface area contributed by atoms with Crippen LogP contribution in [0.1, 0.15) is 35.3 Å². The Morgan fingerprint density at radius 3 is 3.07 bits per heavy atom. The lowest BCUT2D eigenvalue weighted by Gasteiger charge is -2.17. The molecule has 3 nitrogen and oxygen atoms in total. The molecule has 82 valence electrons. The van der Waals surface area contributed by atoms with Gasteiger partial charge in [-0.25, -0.2) is 4.98 Å². The summed E-state index contributed by atoms with van der Waals surface area (Å²) in [6, 6.07) is 0.621. The molecule has 0 N–H and O–H groups in total. The van der Waals surface area contributed by atoms with Crippen LogP contribution in [0.25, 0.3) is 0 Å². The van der Waals surface area contributed by atoms with Gasteiger partial charge in [-0.15, -0.1) is 11.3 Å². The number of hydrogen-bond donors (Lipinski definition) is 0. The molecule has 0 aromatic carbocycles. The molecule has 1 aromatic heterocycles. The van der Waals surface area contributed by atoms with E-state index >= 15 is 0 Å². The van der Waals surface area contributed by atoms with Crippen LogP contribution in [0.5, 0.6) is 0 Å². The highest BCUT2D eigenvalue weighted by Gasteiger charge is 2.22. The zero-order chi connectivity index (χ0) is 10.8. The summed E-state index contributed by atoms with van der Waals surface area (Å²) >= 11 is 1.61. The van der Waals surface area contributed by atoms with Crippen molar-refractivity contribution in [2.45, 2.75) is 32.2 Å². The first-order valence-corrected chi connectivity index (χ1v) is 6.20. The van der Waals surface area contributed by atoms with E-state index in [1.807, 2.05) is 5.38 Å². The Hall–Kier alpha value is -0.740. The molecule has 2 rings (SSSR count). The molecule has 0 saturated carbocycles. The maximum atomic E-state index is 11.1. The molecule has 0 spiro atoms. The van der Waals surface area contributed by atoms with Crippen LogP contribution >= 0.6 is 11.3 Å². The molecule has 1 unspecified atom stereocenters. The summed E-state index contributed by atoms with van der Waals surface area (Å²) in [5, 5.41) is 2.96. The van der Waals surface area contributed by atoms with Crippen LogP contribution in [-0.2, 0) is 6.42 Å². The van der Waals surface area contributed by atoms with Crippen molar-refractivity contribution in [3.05, 3.63) is 16.1 Å². The van der Waals surface area contributed by atoms with Crippen molar-refractivity contribution in [1.29, 1.82) is 0 Å². The average molecular weight is 224 g/mol. The first-order valence-electron chi connectivity index (χ1n) is 5.32. The molecule has 0 radical (unpaired) electrons. The molecular weight excluding hydrogens is 208 g/mol. The lowest BCUT2D eigenvalue weighted by Crippen LogP contribution is -2.26. The summed E-state index contributed by atoms with van der Waals surface area (Å²) in [5.74, 6) is 0.0669. The monoisotopic (exact) mass is 224 g/mol. The Bertz CT molecular complexity index is 361. The predicted octanol–water partition coefficient (Wildman–Crippen LogP) is 1.98. The van der Waals surface area contributed by atoms with Gasteiger partial charge in [-0.2, -0.15) is 0 Å². The highest BCUT2D eigenvalue weighted by Crippen LogP contribution is 2.21. The van der Waals surface area contributed by atoms with Crippen molar-refractivity contribution in [2.24, 2.45) is 0 Å². The molecular formula is C11H16N2OS. The van der Waals surface area contributed by atoms with Gasteiger partial charge in [-0.1, -0.05) is 0 Å². The quantitative estimate of drug-likeness (QED) is 0.736. The molecule has 4 heteroatoms. The van der Waals surface area contributed by atoms with E-state index in [4.69, 9.17) is 0 Å². The number of likely N-dealkylation sites (tertiary alicyclic amines) is 1. The van der Waals surface area contributed by atoms with E-state index in [9.17, 15) is 4.79 Å². The SMILES string of the molecule is CC(=O)c1csc(CC2CCCN2C)n1. The van der Waals surface area contributed by atoms with Gasteiger partial charge in [0.2, 0.25) is 0 Å². The number of nitrogens with zero attached hydrogens (tertiary/aromatic N) is 2. The molecule has 1 saturated heterocycles. The summed E-state index contributed by atoms with van der Waals surface area (Å²) < 4.78 is 0. The van der Waals surface area contributed by atoms with Crippen LogP contribution < -0.4 is 0 Å². The summed E-state index contributed by atoms with van der Waals surface area (Å²) in [6.45, 7) is 2.76. The van der Waals surface area contributed by atoms with Crippen molar-refractivity contribution in [2.75, 3.05) is 13.6 Å². The zero-order valence-electron chi connectivity index (χ0n) is 9.19. The number of thiazole rings is 1. The van der Waals surface area contributed by atoms with Gasteiger partial charge in [0.25, 0.3) is 0 Å². The van der Waals surface area contributed by atoms with Crippen LogP contribution in [0.2, 0.25) is 0 Å². The molecule has 0 aliphatic carbocycles. The topological polar surface area (TPSA) is 33.2 Å². The number of aromatic nitrogens is 1. The number of Topliss-reactive ketones (excluding diaryl/α,β-unsaturated/α-hetero) is 1. The number of hydrogen-bond acceptors (Lipinski definition) is 4. The lowest BCUT2D eigenvalue weighted by molar-refractivity contribution is 0.101. The van der Waals surface area contributed by atoms with E-state index in [0.717, 1.165) is 11.4 Å². The molecule has 1 atom stereocenters. The lowest BCUT2D eigenvalue weighted by atomic mass is 10.1. The first-order chi connectivity index (χ1) is 7.16. The number of likely N-dealkylation sites (N-methyl/N-ethyl adjacent to an activating group) is 1. The third-order valence-electron chi connectivity index (χ3n) is 2.99. The largest absolute Gasteiger partial charge is 0.303 e. The van der Waals surface area contributed by atoms with Crippen LogP contribution in [0.3, 0.4) is 0 Å². The fraction of sp³-hybridized carbons (Fsp3) is 0.636. The van der Waals surface area contributed by atoms with Gasteiger partial charge in [0, 0.05) is 24.8 Å². The standard InChI is InChI=1S/C11H16N2OS/c1-8(14)10-7-15-11(12-10)6-9-4-3-5-13(9)2/h7,9H,3-6H2,1-2H3. The van der Waals surface area contributed by atoms with Crippen LogP contribution in [-0.4, -0.2) is 35.3 Å². The zero-order valence-corrected chi connectivity index (χ0v) is 10.0. The minimum atomic E-state index is 0.0669. The minimum absolute atomic E-state index is 0.0669. The number of ketones is 1. The second-order valence-corrected chi connectivity index (χ2v) is 5.11. The Morgan fingerprint density at radius 2 is 2.53 bits per heavy atom. The molecule has 0 amide bonds. The minimum Gasteiger partial charge on any atom is -0.303 e. The number of carbonyl (C=O) groups is 1. The molecule has 1 aliphatic heterocycles. The van der Waals surface area contributed by atoms with Crippen molar-refractivity contribution in [3.63, 3.8) is 0 Å². The molecule has 15 heavy (non-hydrogen) atoms. The fourth-order valence-corrected chi connectivity index (χ4v) is 2.91. The van der Waals surface area contributed by atoms with E-state index in [2.05, 4.69) is 16.9 Å². The van der Waals surface area contributed by atoms with Crippen LogP contribution in [0, 0.1) is 0 Å². The second kappa shape index (κ2) is 4.41. The summed E-state index contributed by atoms with van der Waals surface area (Å²) in [4.78, 5) is 17.8. The molecule has 1 fully saturated rings. The molecule has 0 bridgehead atoms. The van der Waals surface area contributed by atoms with Gasteiger partial charge in [0.1, 0.15) is 5.69 Å². The highest BCUT2D eigenvalue weighted by molar-refractivity contribution is 7.09. The Kier molecular flexibility index (Phi) is 3.17. The van der Waals surface area contributed by atoms with Crippen molar-refractivity contribution in [1.82, 2.24) is 9.88 Å². The first kappa shape index (κ1) is 10.8. The van der Waals surface area contributed by atoms with Gasteiger partial charge in [-0.3, -0.25) is 4.79 Å². The number of carbonyl (C=O) groups excluding carboxylic acids is 1. The Morgan fingerprint density at radius 1 is 1.73 bits per heavy atom. The normalized spacial score (nSPS) is 22.1. The molecule has 2 heterocycles. The third-order valence-corrected chi connectivity index (χ3v) is 3.87.